The lowest BCUT2D eigenvalue weighted by Gasteiger charge is -2.17. The Balaban J connectivity index is 3.85. The molecular weight excluding hydrogens is 154 g/mol. The minimum Gasteiger partial charge on any atom is -0.392 e. The quantitative estimate of drug-likeness (QED) is 0.630. The third-order valence-electron chi connectivity index (χ3n) is 2.12. The van der Waals surface area contributed by atoms with Crippen LogP contribution in [0.25, 0.3) is 0 Å². The number of primary amides is 1. The van der Waals surface area contributed by atoms with Crippen molar-refractivity contribution in [2.75, 3.05) is 0 Å². The smallest absolute Gasteiger partial charge is 0.223 e. The van der Waals surface area contributed by atoms with Crippen molar-refractivity contribution in [2.45, 2.75) is 45.6 Å². The molecule has 72 valence electrons. The van der Waals surface area contributed by atoms with Gasteiger partial charge in [0.15, 0.2) is 0 Å². The van der Waals surface area contributed by atoms with Gasteiger partial charge in [0.25, 0.3) is 0 Å². The summed E-state index contributed by atoms with van der Waals surface area (Å²) in [6, 6.07) is 0. The topological polar surface area (TPSA) is 63.3 Å². The third-order valence-corrected chi connectivity index (χ3v) is 2.12. The van der Waals surface area contributed by atoms with Crippen molar-refractivity contribution in [3.8, 4) is 0 Å². The Morgan fingerprint density at radius 1 is 1.50 bits per heavy atom. The Labute approximate surface area is 74.0 Å². The van der Waals surface area contributed by atoms with Crippen molar-refractivity contribution >= 4 is 5.91 Å². The van der Waals surface area contributed by atoms with E-state index >= 15 is 0 Å². The van der Waals surface area contributed by atoms with Gasteiger partial charge in [-0.1, -0.05) is 26.7 Å². The molecule has 0 aromatic rings. The third kappa shape index (κ3) is 3.72. The summed E-state index contributed by atoms with van der Waals surface area (Å²) in [6.45, 7) is 3.92. The van der Waals surface area contributed by atoms with Crippen molar-refractivity contribution in [2.24, 2.45) is 11.7 Å². The molecule has 0 aliphatic carbocycles. The van der Waals surface area contributed by atoms with E-state index in [1.54, 1.807) is 0 Å². The van der Waals surface area contributed by atoms with Crippen molar-refractivity contribution in [1.29, 1.82) is 0 Å². The second-order valence-electron chi connectivity index (χ2n) is 3.13. The van der Waals surface area contributed by atoms with E-state index in [9.17, 15) is 9.90 Å². The van der Waals surface area contributed by atoms with Crippen LogP contribution in [0.5, 0.6) is 0 Å². The van der Waals surface area contributed by atoms with E-state index in [0.29, 0.717) is 12.8 Å². The number of nitrogens with two attached hydrogens (primary N) is 1. The fourth-order valence-electron chi connectivity index (χ4n) is 1.28. The Bertz CT molecular complexity index is 136. The normalized spacial score (nSPS) is 15.6. The van der Waals surface area contributed by atoms with Gasteiger partial charge in [0, 0.05) is 0 Å². The molecule has 2 unspecified atom stereocenters. The van der Waals surface area contributed by atoms with Crippen LogP contribution in [0, 0.1) is 5.92 Å². The van der Waals surface area contributed by atoms with E-state index in [0.717, 1.165) is 12.8 Å². The first-order valence-electron chi connectivity index (χ1n) is 4.60. The van der Waals surface area contributed by atoms with Crippen molar-refractivity contribution in [3.63, 3.8) is 0 Å². The summed E-state index contributed by atoms with van der Waals surface area (Å²) in [7, 11) is 0. The van der Waals surface area contributed by atoms with Crippen LogP contribution in [-0.4, -0.2) is 17.1 Å². The molecule has 0 aliphatic heterocycles. The Kier molecular flexibility index (Phi) is 5.72. The molecule has 2 atom stereocenters. The second kappa shape index (κ2) is 6.00. The van der Waals surface area contributed by atoms with Gasteiger partial charge in [-0.25, -0.2) is 0 Å². The van der Waals surface area contributed by atoms with Gasteiger partial charge in [-0.05, 0) is 12.8 Å². The molecular formula is C9H19NO2. The first-order valence-corrected chi connectivity index (χ1v) is 4.60. The molecule has 0 rings (SSSR count). The van der Waals surface area contributed by atoms with Crippen LogP contribution in [0.2, 0.25) is 0 Å². The molecule has 0 fully saturated rings. The van der Waals surface area contributed by atoms with Crippen LogP contribution in [0.3, 0.4) is 0 Å². The van der Waals surface area contributed by atoms with Crippen LogP contribution in [0.4, 0.5) is 0 Å². The molecule has 0 aromatic heterocycles. The van der Waals surface area contributed by atoms with Crippen LogP contribution >= 0.6 is 0 Å². The molecule has 12 heavy (non-hydrogen) atoms. The number of hydrogen-bond donors (Lipinski definition) is 2. The number of carbonyl (C=O) groups is 1. The van der Waals surface area contributed by atoms with Gasteiger partial charge in [0.1, 0.15) is 0 Å². The SMILES string of the molecule is CCCCC(O)C(CC)C(N)=O. The second-order valence-corrected chi connectivity index (χ2v) is 3.13. The van der Waals surface area contributed by atoms with Crippen LogP contribution < -0.4 is 5.73 Å². The number of unbranched alkanes of at least 4 members (excludes halogenated alkanes) is 1. The van der Waals surface area contributed by atoms with E-state index in [4.69, 9.17) is 5.73 Å². The lowest BCUT2D eigenvalue weighted by molar-refractivity contribution is -0.125. The van der Waals surface area contributed by atoms with Gasteiger partial charge in [0.05, 0.1) is 12.0 Å². The predicted molar refractivity (Wildman–Crippen MR) is 48.5 cm³/mol. The number of aliphatic hydroxyl groups is 1. The minimum absolute atomic E-state index is 0.364. The molecule has 3 N–H and O–H groups in total. The van der Waals surface area contributed by atoms with E-state index < -0.39 is 6.10 Å². The van der Waals surface area contributed by atoms with E-state index in [2.05, 4.69) is 6.92 Å². The first-order chi connectivity index (χ1) is 5.63. The summed E-state index contributed by atoms with van der Waals surface area (Å²) in [4.78, 5) is 10.8. The Morgan fingerprint density at radius 2 is 2.08 bits per heavy atom. The molecule has 0 saturated heterocycles. The van der Waals surface area contributed by atoms with Crippen molar-refractivity contribution in [1.82, 2.24) is 0 Å². The zero-order chi connectivity index (χ0) is 9.56. The molecule has 0 aromatic carbocycles. The van der Waals surface area contributed by atoms with Gasteiger partial charge < -0.3 is 10.8 Å². The molecule has 3 nitrogen and oxygen atoms in total. The van der Waals surface area contributed by atoms with E-state index in [1.807, 2.05) is 6.92 Å². The molecule has 0 heterocycles. The molecule has 0 saturated carbocycles. The maximum absolute atomic E-state index is 10.8. The summed E-state index contributed by atoms with van der Waals surface area (Å²) < 4.78 is 0. The number of hydrogen-bond acceptors (Lipinski definition) is 2. The van der Waals surface area contributed by atoms with Gasteiger partial charge in [0.2, 0.25) is 5.91 Å². The average Bonchev–Trinajstić information content (AvgIpc) is 2.01. The molecule has 0 radical (unpaired) electrons. The zero-order valence-corrected chi connectivity index (χ0v) is 7.92. The molecule has 0 bridgehead atoms. The van der Waals surface area contributed by atoms with Gasteiger partial charge >= 0.3 is 0 Å². The standard InChI is InChI=1S/C9H19NO2/c1-3-5-6-8(11)7(4-2)9(10)12/h7-8,11H,3-6H2,1-2H3,(H2,10,12). The van der Waals surface area contributed by atoms with Crippen LogP contribution in [0.1, 0.15) is 39.5 Å². The molecule has 0 aliphatic rings. The first kappa shape index (κ1) is 11.4. The Morgan fingerprint density at radius 3 is 2.42 bits per heavy atom. The maximum Gasteiger partial charge on any atom is 0.223 e. The van der Waals surface area contributed by atoms with Gasteiger partial charge in [-0.15, -0.1) is 0 Å². The monoisotopic (exact) mass is 173 g/mol. The summed E-state index contributed by atoms with van der Waals surface area (Å²) in [5, 5.41) is 9.51. The highest BCUT2D eigenvalue weighted by Gasteiger charge is 2.21. The zero-order valence-electron chi connectivity index (χ0n) is 7.92. The summed E-state index contributed by atoms with van der Waals surface area (Å²) >= 11 is 0. The minimum atomic E-state index is -0.549. The largest absolute Gasteiger partial charge is 0.392 e. The molecule has 0 spiro atoms. The fraction of sp³-hybridized carbons (Fsp3) is 0.889. The maximum atomic E-state index is 10.8. The van der Waals surface area contributed by atoms with Gasteiger partial charge in [-0.3, -0.25) is 4.79 Å². The summed E-state index contributed by atoms with van der Waals surface area (Å²) in [5.74, 6) is -0.752. The van der Waals surface area contributed by atoms with Crippen molar-refractivity contribution in [3.05, 3.63) is 0 Å². The number of rotatable bonds is 6. The highest BCUT2D eigenvalue weighted by atomic mass is 16.3. The number of amides is 1. The van der Waals surface area contributed by atoms with E-state index in [1.165, 1.54) is 0 Å². The van der Waals surface area contributed by atoms with Crippen LogP contribution in [0.15, 0.2) is 0 Å². The highest BCUT2D eigenvalue weighted by Crippen LogP contribution is 2.13. The summed E-state index contributed by atoms with van der Waals surface area (Å²) in [5.41, 5.74) is 5.12. The lowest BCUT2D eigenvalue weighted by atomic mass is 9.95. The van der Waals surface area contributed by atoms with Crippen LogP contribution in [-0.2, 0) is 4.79 Å². The molecule has 1 amide bonds. The predicted octanol–water partition coefficient (Wildman–Crippen LogP) is 1.05. The van der Waals surface area contributed by atoms with Gasteiger partial charge in [-0.2, -0.15) is 0 Å². The summed E-state index contributed by atoms with van der Waals surface area (Å²) in [6.07, 6.45) is 2.74. The fourth-order valence-corrected chi connectivity index (χ4v) is 1.28. The number of carbonyl (C=O) groups excluding carboxylic acids is 1. The van der Waals surface area contributed by atoms with Crippen molar-refractivity contribution < 1.29 is 9.90 Å². The Hall–Kier alpha value is -0.570. The van der Waals surface area contributed by atoms with E-state index in [-0.39, 0.29) is 11.8 Å². The highest BCUT2D eigenvalue weighted by molar-refractivity contribution is 5.77. The number of aliphatic hydroxyl groups excluding tert-OH is 1. The lowest BCUT2D eigenvalue weighted by Crippen LogP contribution is -2.32. The molecule has 3 heteroatoms. The average molecular weight is 173 g/mol.